The summed E-state index contributed by atoms with van der Waals surface area (Å²) < 4.78 is 0. The summed E-state index contributed by atoms with van der Waals surface area (Å²) in [7, 11) is 0. The summed E-state index contributed by atoms with van der Waals surface area (Å²) in [6.45, 7) is 4.91. The number of hydrogen-bond donors (Lipinski definition) is 2. The van der Waals surface area contributed by atoms with Gasteiger partial charge in [-0.2, -0.15) is 0 Å². The fourth-order valence-corrected chi connectivity index (χ4v) is 5.28. The molecule has 2 N–H and O–H groups in total. The molecule has 0 aromatic carbocycles. The highest BCUT2D eigenvalue weighted by Gasteiger charge is 2.53. The van der Waals surface area contributed by atoms with Crippen molar-refractivity contribution in [2.45, 2.75) is 70.4 Å². The van der Waals surface area contributed by atoms with Crippen molar-refractivity contribution >= 4 is 0 Å². The average Bonchev–Trinajstić information content (AvgIpc) is 2.98. The van der Waals surface area contributed by atoms with Gasteiger partial charge in [-0.15, -0.1) is 0 Å². The molecule has 0 saturated heterocycles. The Labute approximate surface area is 112 Å². The van der Waals surface area contributed by atoms with Crippen molar-refractivity contribution in [1.82, 2.24) is 5.32 Å². The average molecular weight is 251 g/mol. The van der Waals surface area contributed by atoms with Crippen LogP contribution in [0.3, 0.4) is 0 Å². The lowest BCUT2D eigenvalue weighted by molar-refractivity contribution is 0.0424. The summed E-state index contributed by atoms with van der Waals surface area (Å²) in [6.07, 6.45) is 9.30. The van der Waals surface area contributed by atoms with E-state index >= 15 is 0 Å². The molecule has 3 saturated carbocycles. The number of fused-ring (bicyclic) bond motifs is 5. The Balaban J connectivity index is 1.53. The first-order chi connectivity index (χ1) is 8.61. The number of aliphatic hydroxyl groups is 1. The molecule has 2 heteroatoms. The van der Waals surface area contributed by atoms with Crippen molar-refractivity contribution in [2.24, 2.45) is 23.7 Å². The standard InChI is InChI=1S/C16H29NO/c1-3-7-16(2,18)10-17-15-9-11-8-14(15)13-6-4-5-12(11)13/h11-15,17-18H,3-10H2,1-2H3. The molecule has 0 heterocycles. The highest BCUT2D eigenvalue weighted by atomic mass is 16.3. The van der Waals surface area contributed by atoms with Crippen molar-refractivity contribution in [3.8, 4) is 0 Å². The van der Waals surface area contributed by atoms with Crippen LogP contribution in [-0.4, -0.2) is 23.3 Å². The highest BCUT2D eigenvalue weighted by Crippen LogP contribution is 2.58. The van der Waals surface area contributed by atoms with E-state index in [0.29, 0.717) is 6.04 Å². The van der Waals surface area contributed by atoms with Gasteiger partial charge in [-0.25, -0.2) is 0 Å². The quantitative estimate of drug-likeness (QED) is 0.787. The summed E-state index contributed by atoms with van der Waals surface area (Å²) >= 11 is 0. The van der Waals surface area contributed by atoms with Crippen molar-refractivity contribution in [3.05, 3.63) is 0 Å². The lowest BCUT2D eigenvalue weighted by Gasteiger charge is -2.34. The maximum Gasteiger partial charge on any atom is 0.0743 e. The Morgan fingerprint density at radius 3 is 2.72 bits per heavy atom. The normalized spacial score (nSPS) is 45.2. The van der Waals surface area contributed by atoms with Gasteiger partial charge >= 0.3 is 0 Å². The van der Waals surface area contributed by atoms with Crippen molar-refractivity contribution in [2.75, 3.05) is 6.54 Å². The minimum absolute atomic E-state index is 0.508. The fraction of sp³-hybridized carbons (Fsp3) is 1.00. The number of hydrogen-bond acceptors (Lipinski definition) is 2. The lowest BCUT2D eigenvalue weighted by Crippen LogP contribution is -2.46. The summed E-state index contributed by atoms with van der Waals surface area (Å²) in [5.74, 6) is 4.04. The molecule has 3 rings (SSSR count). The third-order valence-corrected chi connectivity index (χ3v) is 5.96. The van der Waals surface area contributed by atoms with E-state index in [1.807, 2.05) is 6.92 Å². The molecule has 2 bridgehead atoms. The molecule has 104 valence electrons. The molecular formula is C16H29NO. The first-order valence-corrected chi connectivity index (χ1v) is 8.06. The van der Waals surface area contributed by atoms with Crippen LogP contribution in [-0.2, 0) is 0 Å². The molecule has 3 fully saturated rings. The van der Waals surface area contributed by atoms with Gasteiger partial charge in [0.15, 0.2) is 0 Å². The van der Waals surface area contributed by atoms with Gasteiger partial charge in [-0.1, -0.05) is 19.8 Å². The Kier molecular flexibility index (Phi) is 3.44. The lowest BCUT2D eigenvalue weighted by atomic mass is 9.79. The second-order valence-corrected chi connectivity index (χ2v) is 7.39. The summed E-state index contributed by atoms with van der Waals surface area (Å²) in [5, 5.41) is 14.0. The molecule has 6 atom stereocenters. The van der Waals surface area contributed by atoms with Crippen LogP contribution in [0.1, 0.15) is 58.8 Å². The summed E-state index contributed by atoms with van der Waals surface area (Å²) in [5.41, 5.74) is -0.508. The molecule has 0 aromatic rings. The zero-order chi connectivity index (χ0) is 12.8. The largest absolute Gasteiger partial charge is 0.389 e. The van der Waals surface area contributed by atoms with Crippen LogP contribution >= 0.6 is 0 Å². The van der Waals surface area contributed by atoms with E-state index in [0.717, 1.165) is 43.1 Å². The van der Waals surface area contributed by atoms with E-state index < -0.39 is 5.60 Å². The van der Waals surface area contributed by atoms with Crippen molar-refractivity contribution < 1.29 is 5.11 Å². The summed E-state index contributed by atoms with van der Waals surface area (Å²) in [4.78, 5) is 0. The van der Waals surface area contributed by atoms with E-state index in [2.05, 4.69) is 12.2 Å². The molecule has 6 unspecified atom stereocenters. The molecule has 0 aromatic heterocycles. The molecule has 0 radical (unpaired) electrons. The molecular weight excluding hydrogens is 222 g/mol. The van der Waals surface area contributed by atoms with Crippen LogP contribution in [0.5, 0.6) is 0 Å². The first-order valence-electron chi connectivity index (χ1n) is 8.06. The van der Waals surface area contributed by atoms with Crippen molar-refractivity contribution in [3.63, 3.8) is 0 Å². The van der Waals surface area contributed by atoms with Crippen LogP contribution in [0, 0.1) is 23.7 Å². The first kappa shape index (κ1) is 12.9. The van der Waals surface area contributed by atoms with Crippen molar-refractivity contribution in [1.29, 1.82) is 0 Å². The fourth-order valence-electron chi connectivity index (χ4n) is 5.28. The van der Waals surface area contributed by atoms with Gasteiger partial charge in [0.1, 0.15) is 0 Å². The Hall–Kier alpha value is -0.0800. The molecule has 0 amide bonds. The number of nitrogens with one attached hydrogen (secondary N) is 1. The van der Waals surface area contributed by atoms with Gasteiger partial charge < -0.3 is 10.4 Å². The zero-order valence-corrected chi connectivity index (χ0v) is 12.0. The maximum atomic E-state index is 10.3. The predicted molar refractivity (Wildman–Crippen MR) is 74.4 cm³/mol. The number of rotatable bonds is 5. The van der Waals surface area contributed by atoms with Gasteiger partial charge in [0.2, 0.25) is 0 Å². The van der Waals surface area contributed by atoms with E-state index in [1.54, 1.807) is 0 Å². The van der Waals surface area contributed by atoms with Crippen LogP contribution in [0.15, 0.2) is 0 Å². The van der Waals surface area contributed by atoms with E-state index in [1.165, 1.54) is 32.1 Å². The third-order valence-electron chi connectivity index (χ3n) is 5.96. The van der Waals surface area contributed by atoms with Crippen LogP contribution in [0.25, 0.3) is 0 Å². The van der Waals surface area contributed by atoms with E-state index in [4.69, 9.17) is 0 Å². The molecule has 0 aliphatic heterocycles. The zero-order valence-electron chi connectivity index (χ0n) is 12.0. The monoisotopic (exact) mass is 251 g/mol. The Morgan fingerprint density at radius 1 is 1.17 bits per heavy atom. The van der Waals surface area contributed by atoms with Gasteiger partial charge in [0, 0.05) is 12.6 Å². The molecule has 0 spiro atoms. The Morgan fingerprint density at radius 2 is 1.94 bits per heavy atom. The predicted octanol–water partition coefficient (Wildman–Crippen LogP) is 2.95. The van der Waals surface area contributed by atoms with Crippen LogP contribution in [0.2, 0.25) is 0 Å². The highest BCUT2D eigenvalue weighted by molar-refractivity contribution is 5.05. The van der Waals surface area contributed by atoms with Gasteiger partial charge in [0.05, 0.1) is 5.60 Å². The maximum absolute atomic E-state index is 10.3. The molecule has 3 aliphatic carbocycles. The van der Waals surface area contributed by atoms with Crippen LogP contribution in [0.4, 0.5) is 0 Å². The molecule has 2 nitrogen and oxygen atoms in total. The minimum Gasteiger partial charge on any atom is -0.389 e. The second-order valence-electron chi connectivity index (χ2n) is 7.39. The van der Waals surface area contributed by atoms with E-state index in [-0.39, 0.29) is 0 Å². The van der Waals surface area contributed by atoms with Gasteiger partial charge in [-0.05, 0) is 62.7 Å². The van der Waals surface area contributed by atoms with Gasteiger partial charge in [-0.3, -0.25) is 0 Å². The Bertz CT molecular complexity index is 301. The molecule has 3 aliphatic rings. The third kappa shape index (κ3) is 2.22. The second kappa shape index (κ2) is 4.79. The SMILES string of the molecule is CCCC(C)(O)CNC1CC2CC1C1CCCC21. The minimum atomic E-state index is -0.508. The molecule has 18 heavy (non-hydrogen) atoms. The van der Waals surface area contributed by atoms with E-state index in [9.17, 15) is 5.11 Å². The van der Waals surface area contributed by atoms with Crippen LogP contribution < -0.4 is 5.32 Å². The summed E-state index contributed by atoms with van der Waals surface area (Å²) in [6, 6.07) is 0.706. The topological polar surface area (TPSA) is 32.3 Å². The van der Waals surface area contributed by atoms with Gasteiger partial charge in [0.25, 0.3) is 0 Å². The smallest absolute Gasteiger partial charge is 0.0743 e.